The average molecular weight is 435 g/mol. The molecular formula is C21H27F2N5O3. The summed E-state index contributed by atoms with van der Waals surface area (Å²) in [5.74, 6) is 0.789. The molecule has 0 radical (unpaired) electrons. The number of H-pyrrole nitrogens is 1. The maximum absolute atomic E-state index is 12.5. The summed E-state index contributed by atoms with van der Waals surface area (Å²) in [5, 5.41) is 0. The molecule has 0 aliphatic rings. The minimum atomic E-state index is -2.85. The molecule has 3 aromatic rings. The van der Waals surface area contributed by atoms with Crippen LogP contribution >= 0.6 is 0 Å². The second kappa shape index (κ2) is 9.86. The lowest BCUT2D eigenvalue weighted by Crippen LogP contribution is -2.31. The van der Waals surface area contributed by atoms with Gasteiger partial charge in [0, 0.05) is 19.6 Å². The first kappa shape index (κ1) is 22.7. The number of nitrogens with zero attached hydrogens (tertiary/aromatic N) is 4. The molecule has 31 heavy (non-hydrogen) atoms. The smallest absolute Gasteiger partial charge is 0.387 e. The van der Waals surface area contributed by atoms with Crippen LogP contribution in [0.5, 0.6) is 5.75 Å². The Kier molecular flexibility index (Phi) is 7.21. The molecule has 0 aliphatic carbocycles. The van der Waals surface area contributed by atoms with Gasteiger partial charge >= 0.3 is 12.3 Å². The number of ether oxygens (including phenoxy) is 1. The number of hydrogen-bond acceptors (Lipinski definition) is 5. The third-order valence-corrected chi connectivity index (χ3v) is 5.03. The predicted molar refractivity (Wildman–Crippen MR) is 113 cm³/mol. The van der Waals surface area contributed by atoms with Gasteiger partial charge in [-0.3, -0.25) is 19.2 Å². The summed E-state index contributed by atoms with van der Waals surface area (Å²) in [4.78, 5) is 33.9. The summed E-state index contributed by atoms with van der Waals surface area (Å²) in [5.41, 5.74) is 0.834. The molecule has 0 atom stereocenters. The van der Waals surface area contributed by atoms with Crippen LogP contribution in [-0.2, 0) is 26.2 Å². The topological polar surface area (TPSA) is 85.2 Å². The third-order valence-electron chi connectivity index (χ3n) is 5.03. The molecule has 168 valence electrons. The molecule has 0 aliphatic heterocycles. The quantitative estimate of drug-likeness (QED) is 0.529. The fourth-order valence-electron chi connectivity index (χ4n) is 3.59. The van der Waals surface area contributed by atoms with Gasteiger partial charge in [0.05, 0.1) is 6.54 Å². The van der Waals surface area contributed by atoms with Gasteiger partial charge in [0.1, 0.15) is 11.6 Å². The number of unbranched alkanes of at least 4 members (excludes halogenated alkanes) is 1. The minimum Gasteiger partial charge on any atom is -0.435 e. The van der Waals surface area contributed by atoms with Gasteiger partial charge in [-0.2, -0.15) is 8.78 Å². The van der Waals surface area contributed by atoms with Gasteiger partial charge in [-0.1, -0.05) is 25.5 Å². The Morgan fingerprint density at radius 3 is 2.45 bits per heavy atom. The van der Waals surface area contributed by atoms with Crippen molar-refractivity contribution >= 4 is 11.2 Å². The van der Waals surface area contributed by atoms with Gasteiger partial charge in [0.2, 0.25) is 0 Å². The van der Waals surface area contributed by atoms with Crippen LogP contribution in [0.15, 0.2) is 33.9 Å². The summed E-state index contributed by atoms with van der Waals surface area (Å²) in [7, 11) is 1.90. The lowest BCUT2D eigenvalue weighted by atomic mass is 10.2. The Morgan fingerprint density at radius 1 is 1.13 bits per heavy atom. The van der Waals surface area contributed by atoms with Crippen LogP contribution in [0, 0.1) is 0 Å². The van der Waals surface area contributed by atoms with Crippen molar-refractivity contribution in [1.82, 2.24) is 24.0 Å². The monoisotopic (exact) mass is 435 g/mol. The van der Waals surface area contributed by atoms with Crippen molar-refractivity contribution < 1.29 is 13.5 Å². The number of hydrogen-bond donors (Lipinski definition) is 1. The van der Waals surface area contributed by atoms with Crippen LogP contribution in [0.2, 0.25) is 0 Å². The zero-order valence-electron chi connectivity index (χ0n) is 17.9. The van der Waals surface area contributed by atoms with E-state index in [0.717, 1.165) is 18.4 Å². The Hall–Kier alpha value is -3.01. The Bertz CT molecular complexity index is 1130. The summed E-state index contributed by atoms with van der Waals surface area (Å²) in [6.45, 7) is 3.12. The van der Waals surface area contributed by atoms with Crippen molar-refractivity contribution in [3.63, 3.8) is 0 Å². The number of aryl methyl sites for hydroxylation is 2. The minimum absolute atomic E-state index is 0.110. The average Bonchev–Trinajstić information content (AvgIpc) is 3.07. The predicted octanol–water partition coefficient (Wildman–Crippen LogP) is 2.94. The lowest BCUT2D eigenvalue weighted by Gasteiger charge is -2.17. The normalized spacial score (nSPS) is 11.7. The first-order chi connectivity index (χ1) is 14.8. The zero-order valence-corrected chi connectivity index (χ0v) is 17.9. The zero-order chi connectivity index (χ0) is 22.5. The number of fused-ring (bicyclic) bond motifs is 1. The number of nitrogens with one attached hydrogen (secondary N) is 1. The first-order valence-corrected chi connectivity index (χ1v) is 10.3. The first-order valence-electron chi connectivity index (χ1n) is 10.3. The fraction of sp³-hybridized carbons (Fsp3) is 0.476. The highest BCUT2D eigenvalue weighted by Crippen LogP contribution is 2.18. The van der Waals surface area contributed by atoms with Crippen molar-refractivity contribution in [2.75, 3.05) is 7.05 Å². The molecule has 2 aromatic heterocycles. The highest BCUT2D eigenvalue weighted by atomic mass is 19.3. The molecule has 1 aromatic carbocycles. The van der Waals surface area contributed by atoms with Gasteiger partial charge in [-0.25, -0.2) is 9.78 Å². The van der Waals surface area contributed by atoms with E-state index in [9.17, 15) is 18.4 Å². The van der Waals surface area contributed by atoms with E-state index in [4.69, 9.17) is 0 Å². The standard InChI is InChI=1S/C21H27F2N5O3/c1-4-6-11-28-18-17(19(29)25-21(28)30)27(5-2)16(24-18)13-26(3)12-14-7-9-15(10-8-14)31-20(22)23/h7-10,20H,4-6,11-13H2,1-3H3,(H,25,29,30). The number of imidazole rings is 1. The Balaban J connectivity index is 1.86. The van der Waals surface area contributed by atoms with Crippen molar-refractivity contribution in [1.29, 1.82) is 0 Å². The number of alkyl halides is 2. The summed E-state index contributed by atoms with van der Waals surface area (Å²) >= 11 is 0. The highest BCUT2D eigenvalue weighted by molar-refractivity contribution is 5.71. The van der Waals surface area contributed by atoms with E-state index in [1.807, 2.05) is 30.4 Å². The van der Waals surface area contributed by atoms with E-state index in [2.05, 4.69) is 14.7 Å². The summed E-state index contributed by atoms with van der Waals surface area (Å²) in [6, 6.07) is 6.46. The van der Waals surface area contributed by atoms with Gasteiger partial charge in [0.15, 0.2) is 11.2 Å². The molecule has 0 amide bonds. The molecule has 8 nitrogen and oxygen atoms in total. The molecule has 3 rings (SSSR count). The second-order valence-electron chi connectivity index (χ2n) is 7.40. The number of aromatic amines is 1. The van der Waals surface area contributed by atoms with Crippen LogP contribution in [0.4, 0.5) is 8.78 Å². The molecule has 0 saturated carbocycles. The van der Waals surface area contributed by atoms with E-state index < -0.39 is 17.9 Å². The van der Waals surface area contributed by atoms with Crippen molar-refractivity contribution in [2.45, 2.75) is 59.5 Å². The van der Waals surface area contributed by atoms with Gasteiger partial charge in [0.25, 0.3) is 5.56 Å². The molecule has 0 spiro atoms. The van der Waals surface area contributed by atoms with E-state index in [1.165, 1.54) is 16.7 Å². The molecule has 1 N–H and O–H groups in total. The molecule has 10 heteroatoms. The lowest BCUT2D eigenvalue weighted by molar-refractivity contribution is -0.0498. The number of halogens is 2. The Labute approximate surface area is 178 Å². The van der Waals surface area contributed by atoms with Crippen LogP contribution in [0.1, 0.15) is 38.1 Å². The molecule has 2 heterocycles. The molecule has 0 fully saturated rings. The second-order valence-corrected chi connectivity index (χ2v) is 7.40. The van der Waals surface area contributed by atoms with Gasteiger partial charge in [-0.15, -0.1) is 0 Å². The number of benzene rings is 1. The molecule has 0 bridgehead atoms. The molecule has 0 saturated heterocycles. The van der Waals surface area contributed by atoms with E-state index in [-0.39, 0.29) is 5.75 Å². The van der Waals surface area contributed by atoms with E-state index >= 15 is 0 Å². The largest absolute Gasteiger partial charge is 0.435 e. The summed E-state index contributed by atoms with van der Waals surface area (Å²) < 4.78 is 32.3. The number of rotatable bonds is 10. The SMILES string of the molecule is CCCCn1c(=O)[nH]c(=O)c2c1nc(CN(C)Cc1ccc(OC(F)F)cc1)n2CC. The number of aromatic nitrogens is 4. The van der Waals surface area contributed by atoms with E-state index in [1.54, 1.807) is 12.1 Å². The van der Waals surface area contributed by atoms with Crippen molar-refractivity contribution in [3.05, 3.63) is 56.5 Å². The highest BCUT2D eigenvalue weighted by Gasteiger charge is 2.18. The fourth-order valence-corrected chi connectivity index (χ4v) is 3.59. The van der Waals surface area contributed by atoms with Crippen LogP contribution < -0.4 is 16.0 Å². The Morgan fingerprint density at radius 2 is 1.84 bits per heavy atom. The molecular weight excluding hydrogens is 408 g/mol. The maximum atomic E-state index is 12.5. The summed E-state index contributed by atoms with van der Waals surface area (Å²) in [6.07, 6.45) is 1.72. The third kappa shape index (κ3) is 5.19. The van der Waals surface area contributed by atoms with Crippen molar-refractivity contribution in [3.8, 4) is 5.75 Å². The van der Waals surface area contributed by atoms with E-state index in [0.29, 0.717) is 43.2 Å². The van der Waals surface area contributed by atoms with Crippen LogP contribution in [0.25, 0.3) is 11.2 Å². The van der Waals surface area contributed by atoms with Gasteiger partial charge < -0.3 is 9.30 Å². The maximum Gasteiger partial charge on any atom is 0.387 e. The molecule has 0 unspecified atom stereocenters. The van der Waals surface area contributed by atoms with Gasteiger partial charge in [-0.05, 0) is 38.1 Å². The van der Waals surface area contributed by atoms with Crippen molar-refractivity contribution in [2.24, 2.45) is 0 Å². The van der Waals surface area contributed by atoms with Crippen LogP contribution in [0.3, 0.4) is 0 Å². The van der Waals surface area contributed by atoms with Crippen LogP contribution in [-0.4, -0.2) is 37.7 Å².